The molecule has 6 heteroatoms. The van der Waals surface area contributed by atoms with Gasteiger partial charge in [0.15, 0.2) is 5.96 Å². The van der Waals surface area contributed by atoms with Crippen molar-refractivity contribution in [1.82, 2.24) is 15.1 Å². The number of hydrogen-bond acceptors (Lipinski definition) is 3. The van der Waals surface area contributed by atoms with Gasteiger partial charge in [-0.3, -0.25) is 9.67 Å². The molecule has 1 aliphatic heterocycles. The van der Waals surface area contributed by atoms with E-state index in [1.807, 2.05) is 10.9 Å². The standard InChI is InChI=1S/C18H31N5O/c1-2-23-16(9-11-21-23)17-14(10-12-24-17)13-20-18(19)22-15-7-5-3-4-6-8-15/h9,11,14-15,17H,2-8,10,12-13H2,1H3,(H3,19,20,22)/t14-,17+/m0/s1. The molecular formula is C18H31N5O. The maximum absolute atomic E-state index is 6.13. The molecule has 1 aliphatic carbocycles. The van der Waals surface area contributed by atoms with Gasteiger partial charge in [-0.05, 0) is 32.3 Å². The van der Waals surface area contributed by atoms with Gasteiger partial charge in [0.2, 0.25) is 0 Å². The van der Waals surface area contributed by atoms with Crippen LogP contribution in [0.2, 0.25) is 0 Å². The Morgan fingerprint density at radius 1 is 1.33 bits per heavy atom. The van der Waals surface area contributed by atoms with Crippen molar-refractivity contribution in [3.63, 3.8) is 0 Å². The summed E-state index contributed by atoms with van der Waals surface area (Å²) in [5.74, 6) is 0.970. The van der Waals surface area contributed by atoms with Crippen molar-refractivity contribution in [1.29, 1.82) is 0 Å². The van der Waals surface area contributed by atoms with E-state index in [0.717, 1.165) is 25.3 Å². The number of aryl methyl sites for hydroxylation is 1. The molecule has 1 aromatic rings. The Morgan fingerprint density at radius 2 is 2.12 bits per heavy atom. The molecule has 3 N–H and O–H groups in total. The van der Waals surface area contributed by atoms with Crippen molar-refractivity contribution in [2.24, 2.45) is 16.6 Å². The van der Waals surface area contributed by atoms with Gasteiger partial charge >= 0.3 is 0 Å². The second kappa shape index (κ2) is 8.51. The van der Waals surface area contributed by atoms with Crippen LogP contribution in [0.25, 0.3) is 0 Å². The zero-order valence-electron chi connectivity index (χ0n) is 14.8. The van der Waals surface area contributed by atoms with Gasteiger partial charge in [-0.15, -0.1) is 0 Å². The molecule has 3 rings (SSSR count). The second-order valence-electron chi connectivity index (χ2n) is 6.97. The van der Waals surface area contributed by atoms with Gasteiger partial charge in [0.25, 0.3) is 0 Å². The minimum absolute atomic E-state index is 0.0851. The predicted molar refractivity (Wildman–Crippen MR) is 95.8 cm³/mol. The minimum atomic E-state index is 0.0851. The Hall–Kier alpha value is -1.56. The molecule has 2 aliphatic rings. The Bertz CT molecular complexity index is 533. The van der Waals surface area contributed by atoms with E-state index in [0.29, 0.717) is 24.5 Å². The largest absolute Gasteiger partial charge is 0.372 e. The molecule has 0 unspecified atom stereocenters. The Kier molecular flexibility index (Phi) is 6.12. The van der Waals surface area contributed by atoms with E-state index >= 15 is 0 Å². The van der Waals surface area contributed by atoms with Gasteiger partial charge in [-0.1, -0.05) is 25.7 Å². The van der Waals surface area contributed by atoms with Gasteiger partial charge in [-0.2, -0.15) is 5.10 Å². The summed E-state index contributed by atoms with van der Waals surface area (Å²) in [4.78, 5) is 4.62. The first-order valence-electron chi connectivity index (χ1n) is 9.47. The second-order valence-corrected chi connectivity index (χ2v) is 6.97. The van der Waals surface area contributed by atoms with Crippen LogP contribution in [0, 0.1) is 5.92 Å². The lowest BCUT2D eigenvalue weighted by Gasteiger charge is -2.19. The van der Waals surface area contributed by atoms with Crippen molar-refractivity contribution in [3.8, 4) is 0 Å². The van der Waals surface area contributed by atoms with Crippen LogP contribution in [0.1, 0.15) is 63.7 Å². The number of nitrogens with two attached hydrogens (primary N) is 1. The summed E-state index contributed by atoms with van der Waals surface area (Å²) in [5.41, 5.74) is 7.29. The van der Waals surface area contributed by atoms with Crippen molar-refractivity contribution < 1.29 is 4.74 Å². The van der Waals surface area contributed by atoms with Crippen LogP contribution in [-0.4, -0.2) is 34.9 Å². The molecular weight excluding hydrogens is 302 g/mol. The third-order valence-electron chi connectivity index (χ3n) is 5.26. The first kappa shape index (κ1) is 17.3. The van der Waals surface area contributed by atoms with Crippen LogP contribution in [0.3, 0.4) is 0 Å². The Labute approximate surface area is 144 Å². The van der Waals surface area contributed by atoms with E-state index in [4.69, 9.17) is 10.5 Å². The number of aromatic nitrogens is 2. The van der Waals surface area contributed by atoms with Crippen LogP contribution in [0.5, 0.6) is 0 Å². The molecule has 6 nitrogen and oxygen atoms in total. The Balaban J connectivity index is 1.56. The lowest BCUT2D eigenvalue weighted by Crippen LogP contribution is -2.40. The molecule has 2 atom stereocenters. The predicted octanol–water partition coefficient (Wildman–Crippen LogP) is 2.61. The summed E-state index contributed by atoms with van der Waals surface area (Å²) in [6.07, 6.45) is 10.7. The summed E-state index contributed by atoms with van der Waals surface area (Å²) in [6.45, 7) is 4.47. The summed E-state index contributed by atoms with van der Waals surface area (Å²) in [6, 6.07) is 2.55. The summed E-state index contributed by atoms with van der Waals surface area (Å²) in [7, 11) is 0. The van der Waals surface area contributed by atoms with Crippen LogP contribution >= 0.6 is 0 Å². The number of rotatable bonds is 5. The first-order valence-corrected chi connectivity index (χ1v) is 9.47. The van der Waals surface area contributed by atoms with Crippen molar-refractivity contribution >= 4 is 5.96 Å². The van der Waals surface area contributed by atoms with E-state index in [2.05, 4.69) is 28.4 Å². The highest BCUT2D eigenvalue weighted by atomic mass is 16.5. The number of guanidine groups is 1. The van der Waals surface area contributed by atoms with Crippen LogP contribution in [-0.2, 0) is 11.3 Å². The molecule has 0 bridgehead atoms. The quantitative estimate of drug-likeness (QED) is 0.493. The van der Waals surface area contributed by atoms with E-state index in [1.165, 1.54) is 38.5 Å². The van der Waals surface area contributed by atoms with Crippen molar-refractivity contribution in [3.05, 3.63) is 18.0 Å². The zero-order valence-corrected chi connectivity index (χ0v) is 14.8. The fourth-order valence-electron chi connectivity index (χ4n) is 3.89. The molecule has 2 heterocycles. The van der Waals surface area contributed by atoms with Gasteiger partial charge in [0, 0.05) is 37.9 Å². The first-order chi connectivity index (χ1) is 11.8. The normalized spacial score (nSPS) is 26.5. The zero-order chi connectivity index (χ0) is 16.8. The monoisotopic (exact) mass is 333 g/mol. The van der Waals surface area contributed by atoms with Crippen LogP contribution in [0.4, 0.5) is 0 Å². The van der Waals surface area contributed by atoms with Gasteiger partial charge in [-0.25, -0.2) is 0 Å². The maximum atomic E-state index is 6.13. The SMILES string of the molecule is CCn1nccc1[C@@H]1OCC[C@H]1CN=C(N)NC1CCCCCC1. The smallest absolute Gasteiger partial charge is 0.188 e. The highest BCUT2D eigenvalue weighted by Crippen LogP contribution is 2.34. The van der Waals surface area contributed by atoms with E-state index in [9.17, 15) is 0 Å². The molecule has 0 amide bonds. The molecule has 1 saturated carbocycles. The summed E-state index contributed by atoms with van der Waals surface area (Å²) < 4.78 is 7.97. The summed E-state index contributed by atoms with van der Waals surface area (Å²) in [5, 5.41) is 7.78. The van der Waals surface area contributed by atoms with Crippen molar-refractivity contribution in [2.75, 3.05) is 13.2 Å². The average molecular weight is 333 g/mol. The van der Waals surface area contributed by atoms with E-state index in [-0.39, 0.29) is 6.10 Å². The number of nitrogens with one attached hydrogen (secondary N) is 1. The summed E-state index contributed by atoms with van der Waals surface area (Å²) >= 11 is 0. The third-order valence-corrected chi connectivity index (χ3v) is 5.26. The fraction of sp³-hybridized carbons (Fsp3) is 0.778. The Morgan fingerprint density at radius 3 is 2.88 bits per heavy atom. The topological polar surface area (TPSA) is 77.5 Å². The average Bonchev–Trinajstić information content (AvgIpc) is 3.17. The van der Waals surface area contributed by atoms with Gasteiger partial charge < -0.3 is 15.8 Å². The van der Waals surface area contributed by atoms with Crippen LogP contribution in [0.15, 0.2) is 17.3 Å². The minimum Gasteiger partial charge on any atom is -0.372 e. The third kappa shape index (κ3) is 4.29. The lowest BCUT2D eigenvalue weighted by atomic mass is 9.99. The highest BCUT2D eigenvalue weighted by Gasteiger charge is 2.31. The molecule has 0 radical (unpaired) electrons. The molecule has 2 fully saturated rings. The molecule has 1 aromatic heterocycles. The molecule has 0 spiro atoms. The van der Waals surface area contributed by atoms with Gasteiger partial charge in [0.05, 0.1) is 5.69 Å². The molecule has 1 saturated heterocycles. The number of ether oxygens (including phenoxy) is 1. The number of hydrogen-bond donors (Lipinski definition) is 2. The van der Waals surface area contributed by atoms with Gasteiger partial charge in [0.1, 0.15) is 6.10 Å². The molecule has 134 valence electrons. The molecule has 0 aromatic carbocycles. The number of nitrogens with zero attached hydrogens (tertiary/aromatic N) is 3. The lowest BCUT2D eigenvalue weighted by molar-refractivity contribution is 0.0851. The number of aliphatic imine (C=N–C) groups is 1. The molecule has 24 heavy (non-hydrogen) atoms. The van der Waals surface area contributed by atoms with E-state index < -0.39 is 0 Å². The maximum Gasteiger partial charge on any atom is 0.188 e. The fourth-order valence-corrected chi connectivity index (χ4v) is 3.89. The van der Waals surface area contributed by atoms with E-state index in [1.54, 1.807) is 0 Å². The van der Waals surface area contributed by atoms with Crippen LogP contribution < -0.4 is 11.1 Å². The van der Waals surface area contributed by atoms with Crippen molar-refractivity contribution in [2.45, 2.75) is 70.6 Å². The highest BCUT2D eigenvalue weighted by molar-refractivity contribution is 5.78.